The Labute approximate surface area is 179 Å². The molecule has 1 atom stereocenters. The molecule has 0 fully saturated rings. The standard InChI is InChI=1S/C19H18F3N5O3S/c1-11(17(28)23-13-6-4-5-12(9-13)19(20,21)22)31-18-24-25-26-27(18)15-10-14(29-2)7-8-16(15)30-3/h4-11H,1-3H3,(H,23,28). The average Bonchev–Trinajstić information content (AvgIpc) is 3.20. The van der Waals surface area contributed by atoms with Crippen LogP contribution in [0.3, 0.4) is 0 Å². The zero-order chi connectivity index (χ0) is 22.6. The summed E-state index contributed by atoms with van der Waals surface area (Å²) in [5, 5.41) is 13.6. The molecule has 3 rings (SSSR count). The minimum atomic E-state index is -4.50. The maximum Gasteiger partial charge on any atom is 0.416 e. The number of alkyl halides is 3. The van der Waals surface area contributed by atoms with Crippen molar-refractivity contribution in [1.29, 1.82) is 0 Å². The highest BCUT2D eigenvalue weighted by Gasteiger charge is 2.30. The van der Waals surface area contributed by atoms with Crippen molar-refractivity contribution in [2.75, 3.05) is 19.5 Å². The first-order valence-electron chi connectivity index (χ1n) is 8.88. The number of carbonyl (C=O) groups excluding carboxylic acids is 1. The minimum Gasteiger partial charge on any atom is -0.497 e. The molecule has 0 aliphatic rings. The molecule has 164 valence electrons. The van der Waals surface area contributed by atoms with Crippen molar-refractivity contribution in [3.63, 3.8) is 0 Å². The number of nitrogens with one attached hydrogen (secondary N) is 1. The molecule has 0 saturated carbocycles. The van der Waals surface area contributed by atoms with Gasteiger partial charge >= 0.3 is 6.18 Å². The van der Waals surface area contributed by atoms with E-state index in [2.05, 4.69) is 20.8 Å². The largest absolute Gasteiger partial charge is 0.497 e. The first-order valence-corrected chi connectivity index (χ1v) is 9.76. The molecule has 2 aromatic carbocycles. The van der Waals surface area contributed by atoms with Crippen LogP contribution in [0.4, 0.5) is 18.9 Å². The summed E-state index contributed by atoms with van der Waals surface area (Å²) in [6.45, 7) is 1.59. The molecule has 1 aromatic heterocycles. The fourth-order valence-corrected chi connectivity index (χ4v) is 3.40. The van der Waals surface area contributed by atoms with E-state index < -0.39 is 22.9 Å². The van der Waals surface area contributed by atoms with E-state index in [0.717, 1.165) is 23.9 Å². The maximum absolute atomic E-state index is 12.9. The number of rotatable bonds is 7. The summed E-state index contributed by atoms with van der Waals surface area (Å²) in [7, 11) is 3.01. The first-order chi connectivity index (χ1) is 14.7. The summed E-state index contributed by atoms with van der Waals surface area (Å²) >= 11 is 1.04. The predicted octanol–water partition coefficient (Wildman–Crippen LogP) is 3.82. The number of hydrogen-bond acceptors (Lipinski definition) is 7. The normalized spacial score (nSPS) is 12.3. The van der Waals surface area contributed by atoms with Crippen LogP contribution in [0.5, 0.6) is 11.5 Å². The van der Waals surface area contributed by atoms with Gasteiger partial charge in [0.25, 0.3) is 0 Å². The number of halogens is 3. The zero-order valence-electron chi connectivity index (χ0n) is 16.7. The molecule has 1 heterocycles. The molecule has 8 nitrogen and oxygen atoms in total. The van der Waals surface area contributed by atoms with Crippen molar-refractivity contribution in [3.05, 3.63) is 48.0 Å². The van der Waals surface area contributed by atoms with Gasteiger partial charge in [-0.15, -0.1) is 5.10 Å². The summed E-state index contributed by atoms with van der Waals surface area (Å²) in [4.78, 5) is 12.5. The lowest BCUT2D eigenvalue weighted by Gasteiger charge is -2.14. The molecule has 0 saturated heterocycles. The lowest BCUT2D eigenvalue weighted by molar-refractivity contribution is -0.137. The number of amides is 1. The summed E-state index contributed by atoms with van der Waals surface area (Å²) in [6.07, 6.45) is -4.50. The molecule has 31 heavy (non-hydrogen) atoms. The third-order valence-corrected chi connectivity index (χ3v) is 5.20. The number of methoxy groups -OCH3 is 2. The lowest BCUT2D eigenvalue weighted by atomic mass is 10.2. The number of tetrazole rings is 1. The molecular formula is C19H18F3N5O3S. The number of anilines is 1. The molecule has 1 unspecified atom stereocenters. The van der Waals surface area contributed by atoms with Crippen molar-refractivity contribution in [2.24, 2.45) is 0 Å². The minimum absolute atomic E-state index is 0.0429. The van der Waals surface area contributed by atoms with Crippen LogP contribution in [0.25, 0.3) is 5.69 Å². The van der Waals surface area contributed by atoms with Gasteiger partial charge in [-0.25, -0.2) is 0 Å². The van der Waals surface area contributed by atoms with Gasteiger partial charge in [-0.05, 0) is 47.7 Å². The zero-order valence-corrected chi connectivity index (χ0v) is 17.5. The topological polar surface area (TPSA) is 91.2 Å². The molecule has 0 aliphatic heterocycles. The molecule has 0 bridgehead atoms. The summed E-state index contributed by atoms with van der Waals surface area (Å²) in [6, 6.07) is 9.50. The van der Waals surface area contributed by atoms with Crippen LogP contribution in [-0.2, 0) is 11.0 Å². The molecule has 0 radical (unpaired) electrons. The third-order valence-electron chi connectivity index (χ3n) is 4.16. The van der Waals surface area contributed by atoms with E-state index in [1.165, 1.54) is 31.0 Å². The van der Waals surface area contributed by atoms with E-state index >= 15 is 0 Å². The highest BCUT2D eigenvalue weighted by molar-refractivity contribution is 8.00. The number of aromatic nitrogens is 4. The summed E-state index contributed by atoms with van der Waals surface area (Å²) < 4.78 is 50.6. The molecular weight excluding hydrogens is 435 g/mol. The van der Waals surface area contributed by atoms with Gasteiger partial charge in [0.2, 0.25) is 11.1 Å². The predicted molar refractivity (Wildman–Crippen MR) is 108 cm³/mol. The second-order valence-electron chi connectivity index (χ2n) is 6.24. The van der Waals surface area contributed by atoms with E-state index in [-0.39, 0.29) is 5.69 Å². The molecule has 0 aliphatic carbocycles. The highest BCUT2D eigenvalue weighted by Crippen LogP contribution is 2.32. The fourth-order valence-electron chi connectivity index (χ4n) is 2.59. The Morgan fingerprint density at radius 3 is 2.61 bits per heavy atom. The van der Waals surface area contributed by atoms with E-state index in [1.807, 2.05) is 0 Å². The van der Waals surface area contributed by atoms with Crippen molar-refractivity contribution in [3.8, 4) is 17.2 Å². The Morgan fingerprint density at radius 2 is 1.94 bits per heavy atom. The van der Waals surface area contributed by atoms with Gasteiger partial charge < -0.3 is 14.8 Å². The monoisotopic (exact) mass is 453 g/mol. The van der Waals surface area contributed by atoms with Crippen LogP contribution in [0.15, 0.2) is 47.6 Å². The number of benzene rings is 2. The van der Waals surface area contributed by atoms with Gasteiger partial charge in [0, 0.05) is 11.8 Å². The van der Waals surface area contributed by atoms with Crippen LogP contribution < -0.4 is 14.8 Å². The van der Waals surface area contributed by atoms with E-state index in [4.69, 9.17) is 9.47 Å². The molecule has 12 heteroatoms. The van der Waals surface area contributed by atoms with Gasteiger partial charge in [0.15, 0.2) is 0 Å². The first kappa shape index (κ1) is 22.4. The van der Waals surface area contributed by atoms with Gasteiger partial charge in [-0.3, -0.25) is 4.79 Å². The smallest absolute Gasteiger partial charge is 0.416 e. The van der Waals surface area contributed by atoms with E-state index in [9.17, 15) is 18.0 Å². The van der Waals surface area contributed by atoms with Crippen molar-refractivity contribution >= 4 is 23.4 Å². The number of thioether (sulfide) groups is 1. The lowest BCUT2D eigenvalue weighted by Crippen LogP contribution is -2.23. The average molecular weight is 453 g/mol. The van der Waals surface area contributed by atoms with Crippen LogP contribution in [0.1, 0.15) is 12.5 Å². The van der Waals surface area contributed by atoms with Crippen molar-refractivity contribution < 1.29 is 27.4 Å². The van der Waals surface area contributed by atoms with E-state index in [0.29, 0.717) is 22.3 Å². The van der Waals surface area contributed by atoms with Gasteiger partial charge in [-0.2, -0.15) is 17.9 Å². The number of ether oxygens (including phenoxy) is 2. The maximum atomic E-state index is 12.9. The summed E-state index contributed by atoms with van der Waals surface area (Å²) in [5.41, 5.74) is -0.305. The second kappa shape index (κ2) is 9.25. The van der Waals surface area contributed by atoms with Gasteiger partial charge in [0.05, 0.1) is 25.0 Å². The second-order valence-corrected chi connectivity index (χ2v) is 7.55. The third kappa shape index (κ3) is 5.26. The Bertz CT molecular complexity index is 1070. The molecule has 1 N–H and O–H groups in total. The molecule has 0 spiro atoms. The Morgan fingerprint density at radius 1 is 1.16 bits per heavy atom. The van der Waals surface area contributed by atoms with Crippen LogP contribution in [0.2, 0.25) is 0 Å². The van der Waals surface area contributed by atoms with Crippen LogP contribution >= 0.6 is 11.8 Å². The van der Waals surface area contributed by atoms with E-state index in [1.54, 1.807) is 25.1 Å². The van der Waals surface area contributed by atoms with Crippen molar-refractivity contribution in [1.82, 2.24) is 20.2 Å². The number of hydrogen-bond donors (Lipinski definition) is 1. The fraction of sp³-hybridized carbons (Fsp3) is 0.263. The van der Waals surface area contributed by atoms with Crippen LogP contribution in [-0.4, -0.2) is 45.6 Å². The molecule has 1 amide bonds. The van der Waals surface area contributed by atoms with Gasteiger partial charge in [0.1, 0.15) is 17.2 Å². The van der Waals surface area contributed by atoms with Crippen LogP contribution in [0, 0.1) is 0 Å². The van der Waals surface area contributed by atoms with Crippen molar-refractivity contribution in [2.45, 2.75) is 23.5 Å². The SMILES string of the molecule is COc1ccc(OC)c(-n2nnnc2SC(C)C(=O)Nc2cccc(C(F)(F)F)c2)c1. The molecule has 3 aromatic rings. The Balaban J connectivity index is 1.78. The number of nitrogens with zero attached hydrogens (tertiary/aromatic N) is 4. The Hall–Kier alpha value is -3.28. The highest BCUT2D eigenvalue weighted by atomic mass is 32.2. The summed E-state index contributed by atoms with van der Waals surface area (Å²) in [5.74, 6) is 0.532. The number of carbonyl (C=O) groups is 1. The Kier molecular flexibility index (Phi) is 6.68. The van der Waals surface area contributed by atoms with Gasteiger partial charge in [-0.1, -0.05) is 17.8 Å². The quantitative estimate of drug-likeness (QED) is 0.544.